The molecule has 2 N–H and O–H groups in total. The number of nitrogens with zero attached hydrogens (tertiary/aromatic N) is 1. The highest BCUT2D eigenvalue weighted by molar-refractivity contribution is 6.04. The highest BCUT2D eigenvalue weighted by Gasteiger charge is 2.27. The van der Waals surface area contributed by atoms with Crippen LogP contribution >= 0.6 is 0 Å². The number of rotatable bonds is 4. The van der Waals surface area contributed by atoms with Gasteiger partial charge in [0.15, 0.2) is 0 Å². The lowest BCUT2D eigenvalue weighted by molar-refractivity contribution is 0.404. The minimum absolute atomic E-state index is 0.0309. The molecule has 5 heteroatoms. The Kier molecular flexibility index (Phi) is 4.13. The summed E-state index contributed by atoms with van der Waals surface area (Å²) in [6.45, 7) is 0. The van der Waals surface area contributed by atoms with Crippen molar-refractivity contribution in [1.82, 2.24) is 5.43 Å². The van der Waals surface area contributed by atoms with Crippen LogP contribution in [0.25, 0.3) is 10.8 Å². The molecule has 0 bridgehead atoms. The van der Waals surface area contributed by atoms with E-state index in [4.69, 9.17) is 9.47 Å². The van der Waals surface area contributed by atoms with Gasteiger partial charge in [0.05, 0.1) is 26.0 Å². The molecule has 0 saturated heterocycles. The molecule has 1 unspecified atom stereocenters. The van der Waals surface area contributed by atoms with E-state index in [0.717, 1.165) is 27.8 Å². The summed E-state index contributed by atoms with van der Waals surface area (Å²) in [5, 5.41) is 17.0. The molecule has 1 aliphatic heterocycles. The molecule has 3 aromatic carbocycles. The van der Waals surface area contributed by atoms with Crippen molar-refractivity contribution >= 4 is 16.5 Å². The number of fused-ring (bicyclic) bond motifs is 1. The van der Waals surface area contributed by atoms with Gasteiger partial charge >= 0.3 is 0 Å². The number of hydrogen-bond donors (Lipinski definition) is 2. The second-order valence-corrected chi connectivity index (χ2v) is 6.23. The lowest BCUT2D eigenvalue weighted by Gasteiger charge is -2.17. The van der Waals surface area contributed by atoms with E-state index >= 15 is 0 Å². The number of nitrogens with one attached hydrogen (secondary N) is 1. The molecule has 4 rings (SSSR count). The third-order valence-electron chi connectivity index (χ3n) is 4.77. The molecule has 1 aliphatic rings. The average Bonchev–Trinajstić information content (AvgIpc) is 3.16. The fourth-order valence-electron chi connectivity index (χ4n) is 3.46. The van der Waals surface area contributed by atoms with Crippen LogP contribution in [0.2, 0.25) is 0 Å². The number of ether oxygens (including phenoxy) is 2. The van der Waals surface area contributed by atoms with E-state index in [1.54, 1.807) is 32.4 Å². The second-order valence-electron chi connectivity index (χ2n) is 6.23. The van der Waals surface area contributed by atoms with Gasteiger partial charge in [-0.1, -0.05) is 30.3 Å². The molecular weight excluding hydrogens is 328 g/mol. The topological polar surface area (TPSA) is 63.1 Å². The van der Waals surface area contributed by atoms with Crippen LogP contribution in [0.4, 0.5) is 0 Å². The normalized spacial score (nSPS) is 16.2. The van der Waals surface area contributed by atoms with Crippen LogP contribution in [0, 0.1) is 0 Å². The highest BCUT2D eigenvalue weighted by Crippen LogP contribution is 2.38. The molecule has 0 spiro atoms. The molecule has 26 heavy (non-hydrogen) atoms. The Morgan fingerprint density at radius 1 is 1.04 bits per heavy atom. The molecule has 1 heterocycles. The van der Waals surface area contributed by atoms with Crippen LogP contribution in [0.5, 0.6) is 17.2 Å². The zero-order chi connectivity index (χ0) is 18.1. The first-order chi connectivity index (χ1) is 12.7. The lowest BCUT2D eigenvalue weighted by Crippen LogP contribution is -2.12. The summed E-state index contributed by atoms with van der Waals surface area (Å²) in [6.07, 6.45) is 0.644. The molecule has 132 valence electrons. The van der Waals surface area contributed by atoms with Gasteiger partial charge in [-0.3, -0.25) is 0 Å². The summed E-state index contributed by atoms with van der Waals surface area (Å²) < 4.78 is 10.9. The van der Waals surface area contributed by atoms with Crippen molar-refractivity contribution in [1.29, 1.82) is 0 Å². The van der Waals surface area contributed by atoms with Crippen LogP contribution in [-0.2, 0) is 0 Å². The van der Waals surface area contributed by atoms with Crippen molar-refractivity contribution in [2.75, 3.05) is 14.2 Å². The first-order valence-corrected chi connectivity index (χ1v) is 8.46. The Morgan fingerprint density at radius 3 is 2.69 bits per heavy atom. The summed E-state index contributed by atoms with van der Waals surface area (Å²) >= 11 is 0. The number of aromatic hydroxyl groups is 1. The second kappa shape index (κ2) is 6.59. The van der Waals surface area contributed by atoms with Crippen molar-refractivity contribution in [3.8, 4) is 17.2 Å². The van der Waals surface area contributed by atoms with E-state index in [2.05, 4.69) is 28.7 Å². The fourth-order valence-corrected chi connectivity index (χ4v) is 3.46. The van der Waals surface area contributed by atoms with Crippen molar-refractivity contribution in [2.24, 2.45) is 5.10 Å². The quantitative estimate of drug-likeness (QED) is 0.748. The summed E-state index contributed by atoms with van der Waals surface area (Å²) in [5.74, 6) is 1.70. The van der Waals surface area contributed by atoms with Crippen LogP contribution in [0.3, 0.4) is 0 Å². The molecule has 5 nitrogen and oxygen atoms in total. The summed E-state index contributed by atoms with van der Waals surface area (Å²) in [6, 6.07) is 17.4. The molecule has 0 radical (unpaired) electrons. The Bertz CT molecular complexity index is 998. The number of phenolic OH excluding ortho intramolecular Hbond substituents is 1. The number of hydrogen-bond acceptors (Lipinski definition) is 5. The molecule has 0 aliphatic carbocycles. The number of benzene rings is 3. The van der Waals surface area contributed by atoms with E-state index in [0.29, 0.717) is 17.7 Å². The van der Waals surface area contributed by atoms with Crippen LogP contribution in [0.1, 0.15) is 23.6 Å². The van der Waals surface area contributed by atoms with Gasteiger partial charge in [-0.25, -0.2) is 0 Å². The van der Waals surface area contributed by atoms with E-state index in [-0.39, 0.29) is 11.8 Å². The minimum atomic E-state index is -0.0309. The molecule has 0 aromatic heterocycles. The third kappa shape index (κ3) is 2.71. The van der Waals surface area contributed by atoms with Crippen molar-refractivity contribution in [2.45, 2.75) is 12.5 Å². The zero-order valence-electron chi connectivity index (χ0n) is 14.7. The van der Waals surface area contributed by atoms with E-state index in [9.17, 15) is 5.11 Å². The average molecular weight is 348 g/mol. The standard InChI is InChI=1S/C21H20N2O3/c1-25-14-8-9-19(24)16(11-14)17-12-18(23-22-17)21-15-6-4-3-5-13(15)7-10-20(21)26-2/h3-11,18,23-24H,12H2,1-2H3. The van der Waals surface area contributed by atoms with E-state index in [1.165, 1.54) is 0 Å². The highest BCUT2D eigenvalue weighted by atomic mass is 16.5. The monoisotopic (exact) mass is 348 g/mol. The van der Waals surface area contributed by atoms with Crippen molar-refractivity contribution in [3.05, 3.63) is 65.7 Å². The van der Waals surface area contributed by atoms with Gasteiger partial charge in [-0.05, 0) is 35.0 Å². The predicted molar refractivity (Wildman–Crippen MR) is 102 cm³/mol. The Hall–Kier alpha value is -3.21. The SMILES string of the molecule is COc1ccc(O)c(C2=NNC(c3c(OC)ccc4ccccc34)C2)c1. The molecule has 1 atom stereocenters. The first-order valence-electron chi connectivity index (χ1n) is 8.46. The van der Waals surface area contributed by atoms with Gasteiger partial charge in [-0.15, -0.1) is 0 Å². The summed E-state index contributed by atoms with van der Waals surface area (Å²) in [7, 11) is 3.28. The van der Waals surface area contributed by atoms with Gasteiger partial charge in [0.2, 0.25) is 0 Å². The fraction of sp³-hybridized carbons (Fsp3) is 0.190. The molecule has 0 amide bonds. The van der Waals surface area contributed by atoms with E-state index < -0.39 is 0 Å². The molecular formula is C21H20N2O3. The largest absolute Gasteiger partial charge is 0.507 e. The molecule has 0 saturated carbocycles. The first kappa shape index (κ1) is 16.3. The Balaban J connectivity index is 1.72. The van der Waals surface area contributed by atoms with Crippen molar-refractivity contribution < 1.29 is 14.6 Å². The van der Waals surface area contributed by atoms with Crippen LogP contribution in [-0.4, -0.2) is 25.0 Å². The molecule has 0 fully saturated rings. The van der Waals surface area contributed by atoms with Gasteiger partial charge < -0.3 is 20.0 Å². The predicted octanol–water partition coefficient (Wildman–Crippen LogP) is 4.00. The zero-order valence-corrected chi connectivity index (χ0v) is 14.7. The van der Waals surface area contributed by atoms with Crippen LogP contribution < -0.4 is 14.9 Å². The summed E-state index contributed by atoms with van der Waals surface area (Å²) in [4.78, 5) is 0. The molecule has 3 aromatic rings. The maximum absolute atomic E-state index is 10.2. The third-order valence-corrected chi connectivity index (χ3v) is 4.77. The van der Waals surface area contributed by atoms with Gasteiger partial charge in [-0.2, -0.15) is 5.10 Å². The maximum Gasteiger partial charge on any atom is 0.124 e. The smallest absolute Gasteiger partial charge is 0.124 e. The number of methoxy groups -OCH3 is 2. The maximum atomic E-state index is 10.2. The van der Waals surface area contributed by atoms with Gasteiger partial charge in [0.25, 0.3) is 0 Å². The van der Waals surface area contributed by atoms with Gasteiger partial charge in [0, 0.05) is 17.5 Å². The number of hydrazone groups is 1. The Morgan fingerprint density at radius 2 is 1.88 bits per heavy atom. The lowest BCUT2D eigenvalue weighted by atomic mass is 9.93. The minimum Gasteiger partial charge on any atom is -0.507 e. The Labute approximate surface area is 151 Å². The van der Waals surface area contributed by atoms with Crippen molar-refractivity contribution in [3.63, 3.8) is 0 Å². The summed E-state index contributed by atoms with van der Waals surface area (Å²) in [5.41, 5.74) is 5.76. The van der Waals surface area contributed by atoms with Gasteiger partial charge in [0.1, 0.15) is 17.2 Å². The number of phenols is 1. The van der Waals surface area contributed by atoms with E-state index in [1.807, 2.05) is 18.2 Å². The van der Waals surface area contributed by atoms with Crippen LogP contribution in [0.15, 0.2) is 59.7 Å².